The molecule has 1 aliphatic heterocycles. The fourth-order valence-electron chi connectivity index (χ4n) is 3.04. The van der Waals surface area contributed by atoms with Crippen LogP contribution in [0.15, 0.2) is 48.8 Å². The summed E-state index contributed by atoms with van der Waals surface area (Å²) in [6.07, 6.45) is 5.47. The van der Waals surface area contributed by atoms with Gasteiger partial charge in [0.05, 0.1) is 0 Å². The minimum atomic E-state index is -0.418. The third-order valence-corrected chi connectivity index (χ3v) is 4.51. The van der Waals surface area contributed by atoms with Gasteiger partial charge in [0.1, 0.15) is 6.04 Å². The quantitative estimate of drug-likeness (QED) is 0.881. The molecular weight excluding hydrogens is 314 g/mol. The molecule has 2 heterocycles. The molecule has 3 rings (SSSR count). The lowest BCUT2D eigenvalue weighted by molar-refractivity contribution is -0.135. The molecule has 2 aromatic rings. The van der Waals surface area contributed by atoms with Crippen LogP contribution >= 0.6 is 0 Å². The molecule has 2 amide bonds. The first-order chi connectivity index (χ1) is 12.2. The van der Waals surface area contributed by atoms with Gasteiger partial charge >= 0.3 is 0 Å². The highest BCUT2D eigenvalue weighted by Crippen LogP contribution is 2.16. The van der Waals surface area contributed by atoms with Gasteiger partial charge in [-0.2, -0.15) is 0 Å². The average Bonchev–Trinajstić information content (AvgIpc) is 3.08. The number of aryl methyl sites for hydroxylation is 1. The maximum Gasteiger partial charge on any atom is 0.245 e. The Kier molecular flexibility index (Phi) is 5.43. The zero-order chi connectivity index (χ0) is 17.6. The molecule has 0 aliphatic carbocycles. The maximum atomic E-state index is 12.9. The van der Waals surface area contributed by atoms with E-state index in [1.807, 2.05) is 12.1 Å². The van der Waals surface area contributed by atoms with E-state index in [-0.39, 0.29) is 11.8 Å². The maximum absolute atomic E-state index is 12.9. The van der Waals surface area contributed by atoms with Crippen LogP contribution in [0.4, 0.5) is 0 Å². The van der Waals surface area contributed by atoms with Gasteiger partial charge in [-0.05, 0) is 35.6 Å². The van der Waals surface area contributed by atoms with Gasteiger partial charge in [-0.1, -0.05) is 37.3 Å². The molecular formula is C20H23N3O2. The second kappa shape index (κ2) is 7.92. The van der Waals surface area contributed by atoms with E-state index >= 15 is 0 Å². The molecule has 0 spiro atoms. The Hall–Kier alpha value is -2.69. The van der Waals surface area contributed by atoms with E-state index in [2.05, 4.69) is 41.5 Å². The van der Waals surface area contributed by atoms with Crippen molar-refractivity contribution in [2.75, 3.05) is 0 Å². The highest BCUT2D eigenvalue weighted by atomic mass is 16.2. The lowest BCUT2D eigenvalue weighted by Gasteiger charge is -2.26. The standard InChI is InChI=1S/C20H23N3O2/c1-2-15-5-7-16(8-6-15)13-23(14-17-4-3-11-21-12-17)20(25)18-9-10-19(24)22-18/h3-8,11-12,18H,2,9-10,13-14H2,1H3,(H,22,24)/t18-/m1/s1. The van der Waals surface area contributed by atoms with Crippen LogP contribution in [0.1, 0.15) is 36.5 Å². The molecule has 0 radical (unpaired) electrons. The largest absolute Gasteiger partial charge is 0.344 e. The highest BCUT2D eigenvalue weighted by molar-refractivity contribution is 5.90. The van der Waals surface area contributed by atoms with Crippen molar-refractivity contribution in [3.63, 3.8) is 0 Å². The van der Waals surface area contributed by atoms with Crippen LogP contribution in [-0.4, -0.2) is 27.7 Å². The van der Waals surface area contributed by atoms with Crippen LogP contribution in [0.5, 0.6) is 0 Å². The van der Waals surface area contributed by atoms with Gasteiger partial charge < -0.3 is 10.2 Å². The number of nitrogens with zero attached hydrogens (tertiary/aromatic N) is 2. The molecule has 5 nitrogen and oxygen atoms in total. The Morgan fingerprint density at radius 3 is 2.48 bits per heavy atom. The van der Waals surface area contributed by atoms with Gasteiger partial charge in [-0.3, -0.25) is 14.6 Å². The summed E-state index contributed by atoms with van der Waals surface area (Å²) in [6, 6.07) is 11.7. The molecule has 1 N–H and O–H groups in total. The number of aromatic nitrogens is 1. The summed E-state index contributed by atoms with van der Waals surface area (Å²) in [5.74, 6) is -0.0822. The first-order valence-electron chi connectivity index (χ1n) is 8.70. The third kappa shape index (κ3) is 4.44. The number of hydrogen-bond donors (Lipinski definition) is 1. The molecule has 25 heavy (non-hydrogen) atoms. The van der Waals surface area contributed by atoms with Crippen LogP contribution in [0.3, 0.4) is 0 Å². The summed E-state index contributed by atoms with van der Waals surface area (Å²) >= 11 is 0. The first kappa shape index (κ1) is 17.1. The zero-order valence-electron chi connectivity index (χ0n) is 14.4. The van der Waals surface area contributed by atoms with Gasteiger partial charge in [0.15, 0.2) is 0 Å². The van der Waals surface area contributed by atoms with Gasteiger partial charge in [-0.15, -0.1) is 0 Å². The van der Waals surface area contributed by atoms with Crippen molar-refractivity contribution >= 4 is 11.8 Å². The normalized spacial score (nSPS) is 16.5. The molecule has 1 aliphatic rings. The van der Waals surface area contributed by atoms with Crippen molar-refractivity contribution in [2.24, 2.45) is 0 Å². The summed E-state index contributed by atoms with van der Waals surface area (Å²) in [5.41, 5.74) is 3.33. The molecule has 1 aromatic heterocycles. The summed E-state index contributed by atoms with van der Waals surface area (Å²) in [4.78, 5) is 30.3. The van der Waals surface area contributed by atoms with E-state index in [4.69, 9.17) is 0 Å². The number of carbonyl (C=O) groups is 2. The highest BCUT2D eigenvalue weighted by Gasteiger charge is 2.30. The van der Waals surface area contributed by atoms with Gasteiger partial charge in [0.25, 0.3) is 0 Å². The predicted octanol–water partition coefficient (Wildman–Crippen LogP) is 2.45. The Balaban J connectivity index is 1.77. The molecule has 1 fully saturated rings. The van der Waals surface area contributed by atoms with Crippen molar-refractivity contribution < 1.29 is 9.59 Å². The lowest BCUT2D eigenvalue weighted by atomic mass is 10.1. The van der Waals surface area contributed by atoms with Gasteiger partial charge in [0, 0.05) is 31.9 Å². The number of pyridine rings is 1. The minimum absolute atomic E-state index is 0.0331. The Bertz CT molecular complexity index is 728. The topological polar surface area (TPSA) is 62.3 Å². The number of hydrogen-bond acceptors (Lipinski definition) is 3. The summed E-state index contributed by atoms with van der Waals surface area (Å²) in [5, 5.41) is 2.78. The molecule has 0 unspecified atom stereocenters. The van der Waals surface area contributed by atoms with Gasteiger partial charge in [-0.25, -0.2) is 0 Å². The average molecular weight is 337 g/mol. The molecule has 0 saturated carbocycles. The number of rotatable bonds is 6. The monoisotopic (exact) mass is 337 g/mol. The lowest BCUT2D eigenvalue weighted by Crippen LogP contribution is -2.43. The molecule has 5 heteroatoms. The van der Waals surface area contributed by atoms with Crippen LogP contribution in [0, 0.1) is 0 Å². The third-order valence-electron chi connectivity index (χ3n) is 4.51. The Morgan fingerprint density at radius 1 is 1.16 bits per heavy atom. The molecule has 130 valence electrons. The van der Waals surface area contributed by atoms with Crippen molar-refractivity contribution in [3.8, 4) is 0 Å². The summed E-state index contributed by atoms with van der Waals surface area (Å²) < 4.78 is 0. The van der Waals surface area contributed by atoms with E-state index in [1.54, 1.807) is 17.3 Å². The summed E-state index contributed by atoms with van der Waals surface area (Å²) in [6.45, 7) is 3.12. The summed E-state index contributed by atoms with van der Waals surface area (Å²) in [7, 11) is 0. The predicted molar refractivity (Wildman–Crippen MR) is 95.5 cm³/mol. The fraction of sp³-hybridized carbons (Fsp3) is 0.350. The molecule has 1 saturated heterocycles. The van der Waals surface area contributed by atoms with Crippen LogP contribution in [0.2, 0.25) is 0 Å². The smallest absolute Gasteiger partial charge is 0.245 e. The minimum Gasteiger partial charge on any atom is -0.344 e. The number of nitrogens with one attached hydrogen (secondary N) is 1. The van der Waals surface area contributed by atoms with Crippen molar-refractivity contribution in [1.82, 2.24) is 15.2 Å². The van der Waals surface area contributed by atoms with E-state index in [0.29, 0.717) is 25.9 Å². The number of carbonyl (C=O) groups excluding carboxylic acids is 2. The Labute approximate surface area is 148 Å². The zero-order valence-corrected chi connectivity index (χ0v) is 14.4. The number of benzene rings is 1. The first-order valence-corrected chi connectivity index (χ1v) is 8.70. The van der Waals surface area contributed by atoms with E-state index in [9.17, 15) is 9.59 Å². The van der Waals surface area contributed by atoms with Crippen molar-refractivity contribution in [1.29, 1.82) is 0 Å². The van der Waals surface area contributed by atoms with Gasteiger partial charge in [0.2, 0.25) is 11.8 Å². The van der Waals surface area contributed by atoms with E-state index in [0.717, 1.165) is 17.5 Å². The second-order valence-electron chi connectivity index (χ2n) is 6.38. The van der Waals surface area contributed by atoms with Crippen molar-refractivity contribution in [2.45, 2.75) is 45.3 Å². The fourth-order valence-corrected chi connectivity index (χ4v) is 3.04. The van der Waals surface area contributed by atoms with Crippen LogP contribution in [0.25, 0.3) is 0 Å². The SMILES string of the molecule is CCc1ccc(CN(Cc2cccnc2)C(=O)[C@H]2CCC(=O)N2)cc1. The second-order valence-corrected chi connectivity index (χ2v) is 6.38. The number of amides is 2. The Morgan fingerprint density at radius 2 is 1.88 bits per heavy atom. The molecule has 1 aromatic carbocycles. The van der Waals surface area contributed by atoms with Crippen molar-refractivity contribution in [3.05, 3.63) is 65.5 Å². The van der Waals surface area contributed by atoms with Crippen LogP contribution in [-0.2, 0) is 29.1 Å². The van der Waals surface area contributed by atoms with E-state index < -0.39 is 6.04 Å². The van der Waals surface area contributed by atoms with E-state index in [1.165, 1.54) is 5.56 Å². The molecule has 1 atom stereocenters. The molecule has 0 bridgehead atoms. The van der Waals surface area contributed by atoms with Crippen LogP contribution < -0.4 is 5.32 Å².